The molecule has 0 atom stereocenters. The molecule has 0 radical (unpaired) electrons. The van der Waals surface area contributed by atoms with Crippen LogP contribution in [-0.2, 0) is 13.6 Å². The van der Waals surface area contributed by atoms with Crippen LogP contribution in [0.15, 0.2) is 24.7 Å². The zero-order chi connectivity index (χ0) is 14.0. The summed E-state index contributed by atoms with van der Waals surface area (Å²) in [5, 5.41) is 9.16. The molecule has 1 N–H and O–H groups in total. The fourth-order valence-electron chi connectivity index (χ4n) is 1.66. The molecular weight excluding hydrogens is 268 g/mol. The lowest BCUT2D eigenvalue weighted by molar-refractivity contribution is 0.0696. The van der Waals surface area contributed by atoms with E-state index >= 15 is 0 Å². The van der Waals surface area contributed by atoms with E-state index in [0.29, 0.717) is 17.4 Å². The summed E-state index contributed by atoms with van der Waals surface area (Å²) in [5.41, 5.74) is 0.0686. The number of pyridine rings is 1. The Hall–Kier alpha value is -2.08. The maximum atomic E-state index is 10.8. The summed E-state index contributed by atoms with van der Waals surface area (Å²) in [6, 6.07) is 1.39. The molecular formula is C12H13ClN4O2. The fraction of sp³-hybridized carbons (Fsp3) is 0.250. The number of carbonyl (C=O) groups is 1. The summed E-state index contributed by atoms with van der Waals surface area (Å²) < 4.78 is 1.90. The van der Waals surface area contributed by atoms with Gasteiger partial charge >= 0.3 is 5.97 Å². The van der Waals surface area contributed by atoms with Gasteiger partial charge in [-0.3, -0.25) is 0 Å². The number of halogens is 1. The lowest BCUT2D eigenvalue weighted by Gasteiger charge is -2.19. The number of hydrogen-bond donors (Lipinski definition) is 1. The fourth-order valence-corrected chi connectivity index (χ4v) is 1.98. The van der Waals surface area contributed by atoms with E-state index in [0.717, 1.165) is 5.82 Å². The third-order valence-corrected chi connectivity index (χ3v) is 3.01. The van der Waals surface area contributed by atoms with Crippen LogP contribution in [0.5, 0.6) is 0 Å². The van der Waals surface area contributed by atoms with E-state index in [1.807, 2.05) is 29.8 Å². The summed E-state index contributed by atoms with van der Waals surface area (Å²) in [5.74, 6) is 0.338. The zero-order valence-electron chi connectivity index (χ0n) is 10.5. The number of aryl methyl sites for hydroxylation is 1. The minimum Gasteiger partial charge on any atom is -0.478 e. The molecule has 0 aliphatic heterocycles. The van der Waals surface area contributed by atoms with Crippen molar-refractivity contribution in [2.45, 2.75) is 6.54 Å². The number of anilines is 1. The monoisotopic (exact) mass is 280 g/mol. The minimum atomic E-state index is -1.05. The highest BCUT2D eigenvalue weighted by molar-refractivity contribution is 6.33. The van der Waals surface area contributed by atoms with E-state index in [2.05, 4.69) is 9.97 Å². The number of aromatic nitrogens is 3. The first-order chi connectivity index (χ1) is 8.99. The Balaban J connectivity index is 2.22. The van der Waals surface area contributed by atoms with Crippen molar-refractivity contribution in [3.63, 3.8) is 0 Å². The van der Waals surface area contributed by atoms with Crippen molar-refractivity contribution in [2.75, 3.05) is 11.9 Å². The van der Waals surface area contributed by atoms with E-state index in [1.54, 1.807) is 6.20 Å². The third-order valence-electron chi connectivity index (χ3n) is 2.73. The van der Waals surface area contributed by atoms with Crippen molar-refractivity contribution >= 4 is 23.4 Å². The molecule has 0 unspecified atom stereocenters. The molecule has 6 nitrogen and oxygen atoms in total. The highest BCUT2D eigenvalue weighted by atomic mass is 35.5. The normalized spacial score (nSPS) is 10.5. The SMILES string of the molecule is CN(Cc1nccn1C)c1ncc(C(=O)O)cc1Cl. The summed E-state index contributed by atoms with van der Waals surface area (Å²) >= 11 is 6.05. The standard InChI is InChI=1S/C12H13ClN4O2/c1-16-4-3-14-10(16)7-17(2)11-9(13)5-8(6-15-11)12(18)19/h3-6H,7H2,1-2H3,(H,18,19). The summed E-state index contributed by atoms with van der Waals surface area (Å²) in [7, 11) is 3.72. The number of carboxylic acids is 1. The first kappa shape index (κ1) is 13.4. The van der Waals surface area contributed by atoms with E-state index in [-0.39, 0.29) is 5.56 Å². The van der Waals surface area contributed by atoms with Crippen molar-refractivity contribution in [3.05, 3.63) is 41.1 Å². The number of rotatable bonds is 4. The topological polar surface area (TPSA) is 71.2 Å². The second-order valence-electron chi connectivity index (χ2n) is 4.15. The van der Waals surface area contributed by atoms with Gasteiger partial charge in [0.1, 0.15) is 11.6 Å². The van der Waals surface area contributed by atoms with E-state index in [4.69, 9.17) is 16.7 Å². The molecule has 0 aromatic carbocycles. The summed E-state index contributed by atoms with van der Waals surface area (Å²) in [4.78, 5) is 20.9. The molecule has 2 rings (SSSR count). The number of nitrogens with zero attached hydrogens (tertiary/aromatic N) is 4. The van der Waals surface area contributed by atoms with Gasteiger partial charge in [-0.15, -0.1) is 0 Å². The van der Waals surface area contributed by atoms with Crippen molar-refractivity contribution in [2.24, 2.45) is 7.05 Å². The Bertz CT molecular complexity index is 612. The molecule has 100 valence electrons. The second kappa shape index (κ2) is 5.27. The Morgan fingerprint density at radius 1 is 1.53 bits per heavy atom. The van der Waals surface area contributed by atoms with Gasteiger partial charge in [-0.1, -0.05) is 11.6 Å². The van der Waals surface area contributed by atoms with E-state index in [9.17, 15) is 4.79 Å². The average molecular weight is 281 g/mol. The maximum Gasteiger partial charge on any atom is 0.337 e. The molecule has 0 spiro atoms. The van der Waals surface area contributed by atoms with Gasteiger partial charge < -0.3 is 14.6 Å². The predicted octanol–water partition coefficient (Wildman–Crippen LogP) is 1.80. The van der Waals surface area contributed by atoms with Crippen molar-refractivity contribution in [1.29, 1.82) is 0 Å². The summed E-state index contributed by atoms with van der Waals surface area (Å²) in [6.07, 6.45) is 4.86. The van der Waals surface area contributed by atoms with Gasteiger partial charge in [-0.25, -0.2) is 14.8 Å². The van der Waals surface area contributed by atoms with Crippen LogP contribution in [0.1, 0.15) is 16.2 Å². The molecule has 2 heterocycles. The highest BCUT2D eigenvalue weighted by Crippen LogP contribution is 2.24. The highest BCUT2D eigenvalue weighted by Gasteiger charge is 2.13. The molecule has 0 bridgehead atoms. The van der Waals surface area contributed by atoms with Crippen LogP contribution in [-0.4, -0.2) is 32.7 Å². The van der Waals surface area contributed by atoms with Crippen molar-refractivity contribution in [3.8, 4) is 0 Å². The van der Waals surface area contributed by atoms with Crippen molar-refractivity contribution in [1.82, 2.24) is 14.5 Å². The zero-order valence-corrected chi connectivity index (χ0v) is 11.3. The van der Waals surface area contributed by atoms with Gasteiger partial charge in [0.05, 0.1) is 17.1 Å². The maximum absolute atomic E-state index is 10.8. The minimum absolute atomic E-state index is 0.0686. The molecule has 0 saturated heterocycles. The van der Waals surface area contributed by atoms with Gasteiger partial charge in [-0.05, 0) is 6.07 Å². The van der Waals surface area contributed by atoms with Crippen LogP contribution in [0.4, 0.5) is 5.82 Å². The lowest BCUT2D eigenvalue weighted by Crippen LogP contribution is -2.20. The summed E-state index contributed by atoms with van der Waals surface area (Å²) in [6.45, 7) is 0.530. The first-order valence-corrected chi connectivity index (χ1v) is 5.93. The largest absolute Gasteiger partial charge is 0.478 e. The Kier molecular flexibility index (Phi) is 3.71. The molecule has 2 aromatic rings. The van der Waals surface area contributed by atoms with Crippen molar-refractivity contribution < 1.29 is 9.90 Å². The number of hydrogen-bond acceptors (Lipinski definition) is 4. The van der Waals surface area contributed by atoms with Crippen LogP contribution in [0.3, 0.4) is 0 Å². The van der Waals surface area contributed by atoms with Crippen LogP contribution < -0.4 is 4.90 Å². The number of aromatic carboxylic acids is 1. The predicted molar refractivity (Wildman–Crippen MR) is 71.5 cm³/mol. The molecule has 0 aliphatic carbocycles. The second-order valence-corrected chi connectivity index (χ2v) is 4.55. The molecule has 0 fully saturated rings. The van der Waals surface area contributed by atoms with Crippen LogP contribution in [0.25, 0.3) is 0 Å². The molecule has 0 saturated carbocycles. The van der Waals surface area contributed by atoms with Gasteiger partial charge in [0.15, 0.2) is 0 Å². The van der Waals surface area contributed by atoms with Crippen LogP contribution in [0.2, 0.25) is 5.02 Å². The smallest absolute Gasteiger partial charge is 0.337 e. The third kappa shape index (κ3) is 2.85. The molecule has 7 heteroatoms. The van der Waals surface area contributed by atoms with Gasteiger partial charge in [-0.2, -0.15) is 0 Å². The Morgan fingerprint density at radius 2 is 2.26 bits per heavy atom. The Morgan fingerprint density at radius 3 is 2.79 bits per heavy atom. The lowest BCUT2D eigenvalue weighted by atomic mass is 10.3. The van der Waals surface area contributed by atoms with Gasteiger partial charge in [0.25, 0.3) is 0 Å². The van der Waals surface area contributed by atoms with E-state index < -0.39 is 5.97 Å². The first-order valence-electron chi connectivity index (χ1n) is 5.55. The van der Waals surface area contributed by atoms with Crippen LogP contribution >= 0.6 is 11.6 Å². The van der Waals surface area contributed by atoms with Crippen LogP contribution in [0, 0.1) is 0 Å². The number of imidazole rings is 1. The molecule has 19 heavy (non-hydrogen) atoms. The van der Waals surface area contributed by atoms with E-state index in [1.165, 1.54) is 12.3 Å². The van der Waals surface area contributed by atoms with Gasteiger partial charge in [0.2, 0.25) is 0 Å². The Labute approximate surface area is 115 Å². The number of carboxylic acid groups (broad SMARTS) is 1. The molecule has 0 aliphatic rings. The quantitative estimate of drug-likeness (QED) is 0.925. The van der Waals surface area contributed by atoms with Gasteiger partial charge in [0, 0.05) is 32.7 Å². The average Bonchev–Trinajstić information content (AvgIpc) is 2.74. The molecule has 0 amide bonds. The molecule has 2 aromatic heterocycles.